The van der Waals surface area contributed by atoms with Crippen molar-refractivity contribution in [3.05, 3.63) is 69.5 Å². The van der Waals surface area contributed by atoms with Crippen LogP contribution in [0.5, 0.6) is 0 Å². The first-order chi connectivity index (χ1) is 16.9. The molecule has 186 valence electrons. The van der Waals surface area contributed by atoms with Gasteiger partial charge in [-0.05, 0) is 63.1 Å². The minimum atomic E-state index is -0.622. The number of nitrogens with zero attached hydrogens (tertiary/aromatic N) is 1. The maximum atomic E-state index is 12.3. The number of rotatable bonds is 14. The molecule has 0 aliphatic carbocycles. The highest BCUT2D eigenvalue weighted by Crippen LogP contribution is 2.31. The second-order valence-corrected chi connectivity index (χ2v) is 10.7. The molecule has 0 spiro atoms. The van der Waals surface area contributed by atoms with E-state index in [1.165, 1.54) is 5.56 Å². The van der Waals surface area contributed by atoms with Crippen molar-refractivity contribution in [3.8, 4) is 11.3 Å². The molecule has 0 unspecified atom stereocenters. The fraction of sp³-hybridized carbons (Fsp3) is 0.370. The van der Waals surface area contributed by atoms with Gasteiger partial charge in [-0.3, -0.25) is 9.59 Å². The van der Waals surface area contributed by atoms with Crippen LogP contribution in [0.1, 0.15) is 49.0 Å². The lowest BCUT2D eigenvalue weighted by molar-refractivity contribution is -0.127. The van der Waals surface area contributed by atoms with Crippen LogP contribution in [0.15, 0.2) is 59.1 Å². The number of unbranched alkanes of at least 4 members (excludes halogenated alkanes) is 2. The lowest BCUT2D eigenvalue weighted by Crippen LogP contribution is -2.44. The number of aryl methyl sites for hydroxylation is 2. The van der Waals surface area contributed by atoms with Gasteiger partial charge in [0, 0.05) is 27.9 Å². The van der Waals surface area contributed by atoms with E-state index in [2.05, 4.69) is 57.8 Å². The number of halogens is 1. The van der Waals surface area contributed by atoms with Crippen molar-refractivity contribution in [2.24, 2.45) is 5.73 Å². The Labute approximate surface area is 219 Å². The highest BCUT2D eigenvalue weighted by atomic mass is 79.9. The smallest absolute Gasteiger partial charge is 0.239 e. The zero-order valence-electron chi connectivity index (χ0n) is 20.1. The molecule has 0 saturated heterocycles. The van der Waals surface area contributed by atoms with Gasteiger partial charge in [-0.25, -0.2) is 4.98 Å². The number of carbonyl (C=O) groups is 2. The largest absolute Gasteiger partial charge is 0.368 e. The van der Waals surface area contributed by atoms with Gasteiger partial charge < -0.3 is 16.4 Å². The van der Waals surface area contributed by atoms with Gasteiger partial charge in [-0.15, -0.1) is 11.3 Å². The first-order valence-electron chi connectivity index (χ1n) is 12.0. The topological polar surface area (TPSA) is 97.1 Å². The molecule has 1 heterocycles. The zero-order valence-corrected chi connectivity index (χ0v) is 22.5. The molecule has 0 aliphatic heterocycles. The Morgan fingerprint density at radius 1 is 1.03 bits per heavy atom. The van der Waals surface area contributed by atoms with Crippen LogP contribution in [0.25, 0.3) is 11.3 Å². The summed E-state index contributed by atoms with van der Waals surface area (Å²) >= 11 is 5.10. The molecule has 0 aliphatic rings. The summed E-state index contributed by atoms with van der Waals surface area (Å²) in [5.74, 6) is -0.594. The summed E-state index contributed by atoms with van der Waals surface area (Å²) in [4.78, 5) is 30.0. The zero-order chi connectivity index (χ0) is 25.0. The molecule has 35 heavy (non-hydrogen) atoms. The van der Waals surface area contributed by atoms with E-state index in [1.54, 1.807) is 11.3 Å². The molecule has 0 saturated carbocycles. The third-order valence-corrected chi connectivity index (χ3v) is 7.21. The van der Waals surface area contributed by atoms with E-state index in [1.807, 2.05) is 30.3 Å². The summed E-state index contributed by atoms with van der Waals surface area (Å²) in [5, 5.41) is 7.07. The van der Waals surface area contributed by atoms with Gasteiger partial charge in [-0.1, -0.05) is 58.4 Å². The summed E-state index contributed by atoms with van der Waals surface area (Å²) in [5.41, 5.74) is 8.88. The first kappa shape index (κ1) is 26.9. The molecule has 1 aromatic heterocycles. The monoisotopic (exact) mass is 556 g/mol. The Morgan fingerprint density at radius 3 is 2.49 bits per heavy atom. The molecule has 0 bridgehead atoms. The summed E-state index contributed by atoms with van der Waals surface area (Å²) in [6, 6.07) is 17.7. The minimum Gasteiger partial charge on any atom is -0.368 e. The number of amides is 2. The molecule has 0 radical (unpaired) electrons. The van der Waals surface area contributed by atoms with E-state index in [9.17, 15) is 9.59 Å². The maximum absolute atomic E-state index is 12.3. The number of benzene rings is 2. The number of nitrogens with two attached hydrogens (primary N) is 1. The molecular weight excluding hydrogens is 524 g/mol. The van der Waals surface area contributed by atoms with Crippen LogP contribution in [-0.2, 0) is 16.0 Å². The molecule has 6 nitrogen and oxygen atoms in total. The summed E-state index contributed by atoms with van der Waals surface area (Å²) in [6.45, 7) is 2.81. The number of anilines is 1. The molecule has 1 atom stereocenters. The van der Waals surface area contributed by atoms with Crippen LogP contribution in [0.2, 0.25) is 0 Å². The summed E-state index contributed by atoms with van der Waals surface area (Å²) < 4.78 is 1.04. The summed E-state index contributed by atoms with van der Waals surface area (Å²) in [7, 11) is 0. The number of carbonyl (C=O) groups excluding carboxylic acids is 2. The molecule has 3 rings (SSSR count). The highest BCUT2D eigenvalue weighted by Gasteiger charge is 2.17. The second-order valence-electron chi connectivity index (χ2n) is 8.57. The van der Waals surface area contributed by atoms with E-state index >= 15 is 0 Å². The number of hydrogen-bond donors (Lipinski definition) is 3. The van der Waals surface area contributed by atoms with Crippen molar-refractivity contribution >= 4 is 44.2 Å². The molecule has 0 fully saturated rings. The normalized spacial score (nSPS) is 11.7. The van der Waals surface area contributed by atoms with Gasteiger partial charge >= 0.3 is 0 Å². The minimum absolute atomic E-state index is 0.112. The van der Waals surface area contributed by atoms with E-state index in [0.717, 1.165) is 64.4 Å². The Kier molecular flexibility index (Phi) is 10.8. The lowest BCUT2D eigenvalue weighted by atomic mass is 10.1. The van der Waals surface area contributed by atoms with Crippen molar-refractivity contribution in [1.29, 1.82) is 0 Å². The van der Waals surface area contributed by atoms with E-state index in [4.69, 9.17) is 10.7 Å². The number of nitrogens with one attached hydrogen (secondary N) is 2. The van der Waals surface area contributed by atoms with Gasteiger partial charge in [0.1, 0.15) is 6.04 Å². The third kappa shape index (κ3) is 9.11. The number of thiazole rings is 1. The number of hydrogen-bond acceptors (Lipinski definition) is 5. The third-order valence-electron chi connectivity index (χ3n) is 5.75. The molecule has 2 aromatic carbocycles. The SMILES string of the molecule is Cc1sc(NCCCC[C@H](NC(=O)CCCCc2ccccc2)C(N)=O)nc1-c1ccc(Br)cc1. The van der Waals surface area contributed by atoms with Gasteiger partial charge in [0.15, 0.2) is 5.13 Å². The lowest BCUT2D eigenvalue weighted by Gasteiger charge is -2.15. The fourth-order valence-corrected chi connectivity index (χ4v) is 4.95. The van der Waals surface area contributed by atoms with Gasteiger partial charge in [0.25, 0.3) is 0 Å². The highest BCUT2D eigenvalue weighted by molar-refractivity contribution is 9.10. The summed E-state index contributed by atoms with van der Waals surface area (Å²) in [6.07, 6.45) is 5.23. The second kappa shape index (κ2) is 14.0. The Morgan fingerprint density at radius 2 is 1.77 bits per heavy atom. The predicted molar refractivity (Wildman–Crippen MR) is 147 cm³/mol. The van der Waals surface area contributed by atoms with Crippen LogP contribution in [0.3, 0.4) is 0 Å². The van der Waals surface area contributed by atoms with Crippen LogP contribution in [0, 0.1) is 6.92 Å². The fourth-order valence-electron chi connectivity index (χ4n) is 3.83. The Hall–Kier alpha value is -2.71. The van der Waals surface area contributed by atoms with Crippen molar-refractivity contribution in [1.82, 2.24) is 10.3 Å². The Bertz CT molecular complexity index is 1090. The average molecular weight is 558 g/mol. The van der Waals surface area contributed by atoms with Crippen molar-refractivity contribution in [3.63, 3.8) is 0 Å². The Balaban J connectivity index is 1.34. The molecule has 3 aromatic rings. The van der Waals surface area contributed by atoms with E-state index in [-0.39, 0.29) is 5.91 Å². The van der Waals surface area contributed by atoms with Crippen molar-refractivity contribution < 1.29 is 9.59 Å². The predicted octanol–water partition coefficient (Wildman–Crippen LogP) is 5.85. The number of aromatic nitrogens is 1. The quantitative estimate of drug-likeness (QED) is 0.217. The van der Waals surface area contributed by atoms with Gasteiger partial charge in [-0.2, -0.15) is 0 Å². The van der Waals surface area contributed by atoms with Crippen molar-refractivity contribution in [2.45, 2.75) is 57.9 Å². The molecule has 2 amide bonds. The molecule has 8 heteroatoms. The van der Waals surface area contributed by atoms with Gasteiger partial charge in [0.05, 0.1) is 5.69 Å². The maximum Gasteiger partial charge on any atom is 0.239 e. The average Bonchev–Trinajstić information content (AvgIpc) is 3.22. The van der Waals surface area contributed by atoms with Crippen LogP contribution >= 0.6 is 27.3 Å². The van der Waals surface area contributed by atoms with E-state index < -0.39 is 11.9 Å². The van der Waals surface area contributed by atoms with E-state index in [0.29, 0.717) is 12.8 Å². The molecule has 4 N–H and O–H groups in total. The first-order valence-corrected chi connectivity index (χ1v) is 13.6. The standard InChI is InChI=1S/C27H33BrN4O2S/c1-19-25(21-14-16-22(28)17-15-21)32-27(35-19)30-18-8-7-12-23(26(29)34)31-24(33)13-6-5-11-20-9-3-2-4-10-20/h2-4,9-10,14-17,23H,5-8,11-13,18H2,1H3,(H2,29,34)(H,30,32)(H,31,33)/t23-/m0/s1. The number of primary amides is 1. The van der Waals surface area contributed by atoms with Crippen LogP contribution < -0.4 is 16.4 Å². The van der Waals surface area contributed by atoms with Crippen molar-refractivity contribution in [2.75, 3.05) is 11.9 Å². The van der Waals surface area contributed by atoms with Gasteiger partial charge in [0.2, 0.25) is 11.8 Å². The molecular formula is C27H33BrN4O2S. The van der Waals surface area contributed by atoms with Crippen LogP contribution in [0.4, 0.5) is 5.13 Å². The van der Waals surface area contributed by atoms with Crippen LogP contribution in [-0.4, -0.2) is 29.4 Å².